The van der Waals surface area contributed by atoms with Crippen LogP contribution >= 0.6 is 0 Å². The molecule has 6 nitrogen and oxygen atoms in total. The van der Waals surface area contributed by atoms with Crippen molar-refractivity contribution in [1.82, 2.24) is 14.5 Å². The van der Waals surface area contributed by atoms with Gasteiger partial charge in [0, 0.05) is 32.0 Å². The molecular weight excluding hydrogens is 306 g/mol. The number of methoxy groups -OCH3 is 1. The van der Waals surface area contributed by atoms with Gasteiger partial charge in [-0.3, -0.25) is 4.90 Å². The highest BCUT2D eigenvalue weighted by atomic mass is 16.6. The number of aromatic nitrogens is 2. The number of hydrogen-bond donors (Lipinski definition) is 0. The van der Waals surface area contributed by atoms with E-state index in [0.717, 1.165) is 18.9 Å². The van der Waals surface area contributed by atoms with Crippen LogP contribution in [0.15, 0.2) is 42.7 Å². The van der Waals surface area contributed by atoms with Crippen molar-refractivity contribution in [3.05, 3.63) is 54.1 Å². The highest BCUT2D eigenvalue weighted by Crippen LogP contribution is 2.15. The van der Waals surface area contributed by atoms with Crippen molar-refractivity contribution >= 4 is 5.97 Å². The van der Waals surface area contributed by atoms with Gasteiger partial charge in [0.2, 0.25) is 0 Å². The van der Waals surface area contributed by atoms with Crippen molar-refractivity contribution in [1.29, 1.82) is 0 Å². The highest BCUT2D eigenvalue weighted by molar-refractivity contribution is 5.74. The number of esters is 1. The van der Waals surface area contributed by atoms with Crippen molar-refractivity contribution in [3.63, 3.8) is 0 Å². The topological polar surface area (TPSA) is 56.6 Å². The Bertz CT molecular complexity index is 671. The second kappa shape index (κ2) is 7.59. The quantitative estimate of drug-likeness (QED) is 0.782. The second-order valence-corrected chi connectivity index (χ2v) is 6.11. The third kappa shape index (κ3) is 4.01. The van der Waals surface area contributed by atoms with Crippen LogP contribution in [0.5, 0.6) is 0 Å². The lowest BCUT2D eigenvalue weighted by Gasteiger charge is -2.35. The fourth-order valence-electron chi connectivity index (χ4n) is 3.05. The number of imidazole rings is 1. The molecule has 0 amide bonds. The van der Waals surface area contributed by atoms with E-state index >= 15 is 0 Å². The molecule has 0 aliphatic carbocycles. The number of morpholine rings is 1. The van der Waals surface area contributed by atoms with Crippen LogP contribution in [0.3, 0.4) is 0 Å². The zero-order valence-electron chi connectivity index (χ0n) is 14.1. The molecule has 24 heavy (non-hydrogen) atoms. The summed E-state index contributed by atoms with van der Waals surface area (Å²) in [7, 11) is 1.39. The van der Waals surface area contributed by atoms with Crippen LogP contribution in [-0.4, -0.2) is 52.8 Å². The minimum absolute atomic E-state index is 0.0135. The SMILES string of the molecule is COC(=O)[C@@H]1CN(Cc2nccn2Cc2ccccc2)C[C@@H](C)O1. The van der Waals surface area contributed by atoms with Crippen LogP contribution in [0.25, 0.3) is 0 Å². The molecule has 2 heterocycles. The van der Waals surface area contributed by atoms with Crippen molar-refractivity contribution in [2.45, 2.75) is 32.2 Å². The molecular formula is C18H23N3O3. The number of benzene rings is 1. The molecule has 0 radical (unpaired) electrons. The molecule has 0 saturated carbocycles. The average molecular weight is 329 g/mol. The standard InChI is InChI=1S/C18H23N3O3/c1-14-10-20(12-16(24-14)18(22)23-2)13-17-19-8-9-21(17)11-15-6-4-3-5-7-15/h3-9,14,16H,10-13H2,1-2H3/t14-,16+/m1/s1. The maximum absolute atomic E-state index is 11.8. The van der Waals surface area contributed by atoms with Crippen molar-refractivity contribution < 1.29 is 14.3 Å². The van der Waals surface area contributed by atoms with Gasteiger partial charge in [-0.1, -0.05) is 30.3 Å². The number of carbonyl (C=O) groups excluding carboxylic acids is 1. The molecule has 0 bridgehead atoms. The van der Waals surface area contributed by atoms with E-state index in [1.165, 1.54) is 12.7 Å². The molecule has 2 atom stereocenters. The molecule has 128 valence electrons. The average Bonchev–Trinajstić information content (AvgIpc) is 3.01. The third-order valence-corrected chi connectivity index (χ3v) is 4.16. The van der Waals surface area contributed by atoms with Gasteiger partial charge < -0.3 is 14.0 Å². The Morgan fingerprint density at radius 1 is 1.29 bits per heavy atom. The van der Waals surface area contributed by atoms with E-state index in [2.05, 4.69) is 26.6 Å². The fraction of sp³-hybridized carbons (Fsp3) is 0.444. The number of carbonyl (C=O) groups is 1. The fourth-order valence-corrected chi connectivity index (χ4v) is 3.05. The van der Waals surface area contributed by atoms with Crippen LogP contribution in [-0.2, 0) is 27.4 Å². The van der Waals surface area contributed by atoms with Gasteiger partial charge >= 0.3 is 5.97 Å². The number of ether oxygens (including phenoxy) is 2. The van der Waals surface area contributed by atoms with E-state index in [4.69, 9.17) is 9.47 Å². The number of nitrogens with zero attached hydrogens (tertiary/aromatic N) is 3. The van der Waals surface area contributed by atoms with E-state index in [1.54, 1.807) is 0 Å². The molecule has 2 aromatic rings. The third-order valence-electron chi connectivity index (χ3n) is 4.16. The molecule has 1 aromatic carbocycles. The lowest BCUT2D eigenvalue weighted by molar-refractivity contribution is -0.166. The molecule has 1 fully saturated rings. The Morgan fingerprint density at radius 2 is 2.08 bits per heavy atom. The summed E-state index contributed by atoms with van der Waals surface area (Å²) in [4.78, 5) is 18.5. The van der Waals surface area contributed by atoms with Crippen molar-refractivity contribution in [3.8, 4) is 0 Å². The molecule has 1 aromatic heterocycles. The smallest absolute Gasteiger partial charge is 0.336 e. The molecule has 1 saturated heterocycles. The maximum Gasteiger partial charge on any atom is 0.336 e. The summed E-state index contributed by atoms with van der Waals surface area (Å²) in [6, 6.07) is 10.3. The summed E-state index contributed by atoms with van der Waals surface area (Å²) < 4.78 is 12.6. The van der Waals surface area contributed by atoms with Crippen LogP contribution < -0.4 is 0 Å². The van der Waals surface area contributed by atoms with Gasteiger partial charge in [-0.15, -0.1) is 0 Å². The largest absolute Gasteiger partial charge is 0.467 e. The van der Waals surface area contributed by atoms with Crippen molar-refractivity contribution in [2.24, 2.45) is 0 Å². The maximum atomic E-state index is 11.8. The van der Waals surface area contributed by atoms with Gasteiger partial charge in [-0.05, 0) is 12.5 Å². The van der Waals surface area contributed by atoms with E-state index in [9.17, 15) is 4.79 Å². The first-order chi connectivity index (χ1) is 11.7. The van der Waals surface area contributed by atoms with Crippen LogP contribution in [0.4, 0.5) is 0 Å². The molecule has 3 rings (SSSR count). The molecule has 0 unspecified atom stereocenters. The summed E-state index contributed by atoms with van der Waals surface area (Å²) in [5.74, 6) is 0.663. The lowest BCUT2D eigenvalue weighted by Crippen LogP contribution is -2.49. The molecule has 1 aliphatic rings. The predicted molar refractivity (Wildman–Crippen MR) is 89.4 cm³/mol. The Morgan fingerprint density at radius 3 is 2.83 bits per heavy atom. The number of hydrogen-bond acceptors (Lipinski definition) is 5. The van der Waals surface area contributed by atoms with E-state index in [-0.39, 0.29) is 12.1 Å². The van der Waals surface area contributed by atoms with E-state index in [1.807, 2.05) is 37.5 Å². The Balaban J connectivity index is 1.68. The molecule has 0 spiro atoms. The van der Waals surface area contributed by atoms with Crippen LogP contribution in [0, 0.1) is 0 Å². The normalized spacial score (nSPS) is 21.6. The van der Waals surface area contributed by atoms with Gasteiger partial charge in [0.25, 0.3) is 0 Å². The summed E-state index contributed by atoms with van der Waals surface area (Å²) >= 11 is 0. The first-order valence-electron chi connectivity index (χ1n) is 8.15. The van der Waals surface area contributed by atoms with E-state index < -0.39 is 6.10 Å². The minimum atomic E-state index is -0.531. The number of rotatable bonds is 5. The van der Waals surface area contributed by atoms with Crippen molar-refractivity contribution in [2.75, 3.05) is 20.2 Å². The van der Waals surface area contributed by atoms with E-state index in [0.29, 0.717) is 13.1 Å². The molecule has 0 N–H and O–H groups in total. The van der Waals surface area contributed by atoms with Gasteiger partial charge in [-0.25, -0.2) is 9.78 Å². The van der Waals surface area contributed by atoms with Gasteiger partial charge in [-0.2, -0.15) is 0 Å². The monoisotopic (exact) mass is 329 g/mol. The summed E-state index contributed by atoms with van der Waals surface area (Å²) in [5, 5.41) is 0. The summed E-state index contributed by atoms with van der Waals surface area (Å²) in [6.45, 7) is 4.73. The Kier molecular flexibility index (Phi) is 5.27. The van der Waals surface area contributed by atoms with Gasteiger partial charge in [0.05, 0.1) is 19.8 Å². The van der Waals surface area contributed by atoms with Crippen LogP contribution in [0.2, 0.25) is 0 Å². The summed E-state index contributed by atoms with van der Waals surface area (Å²) in [5.41, 5.74) is 1.24. The lowest BCUT2D eigenvalue weighted by atomic mass is 10.2. The predicted octanol–water partition coefficient (Wildman–Crippen LogP) is 1.69. The summed E-state index contributed by atoms with van der Waals surface area (Å²) in [6.07, 6.45) is 3.26. The molecule has 6 heteroatoms. The first kappa shape index (κ1) is 16.7. The Labute approximate surface area is 142 Å². The zero-order chi connectivity index (χ0) is 16.9. The van der Waals surface area contributed by atoms with Gasteiger partial charge in [0.15, 0.2) is 6.10 Å². The first-order valence-corrected chi connectivity index (χ1v) is 8.15. The second-order valence-electron chi connectivity index (χ2n) is 6.11. The Hall–Kier alpha value is -2.18. The van der Waals surface area contributed by atoms with Crippen LogP contribution in [0.1, 0.15) is 18.3 Å². The minimum Gasteiger partial charge on any atom is -0.467 e. The highest BCUT2D eigenvalue weighted by Gasteiger charge is 2.31. The zero-order valence-corrected chi connectivity index (χ0v) is 14.1. The van der Waals surface area contributed by atoms with Gasteiger partial charge in [0.1, 0.15) is 5.82 Å². The molecule has 1 aliphatic heterocycles.